The third-order valence-corrected chi connectivity index (χ3v) is 3.13. The number of nitrogens with zero attached hydrogens (tertiary/aromatic N) is 1. The van der Waals surface area contributed by atoms with Crippen LogP contribution < -0.4 is 5.32 Å². The molecule has 114 valence electrons. The fourth-order valence-corrected chi connectivity index (χ4v) is 2.14. The first-order valence-electron chi connectivity index (χ1n) is 6.49. The second-order valence-corrected chi connectivity index (χ2v) is 4.76. The Balaban J connectivity index is 2.29. The number of ether oxygens (including phenoxy) is 1. The first kappa shape index (κ1) is 15.4. The molecule has 0 radical (unpaired) electrons. The molecule has 0 saturated heterocycles. The number of hydrogen-bond acceptors (Lipinski definition) is 6. The number of non-ortho nitro benzene ring substituents is 1. The predicted molar refractivity (Wildman–Crippen MR) is 79.1 cm³/mol. The van der Waals surface area contributed by atoms with E-state index in [0.29, 0.717) is 23.4 Å². The van der Waals surface area contributed by atoms with E-state index in [9.17, 15) is 19.7 Å². The minimum atomic E-state index is -0.956. The van der Waals surface area contributed by atoms with Gasteiger partial charge in [-0.3, -0.25) is 19.7 Å². The summed E-state index contributed by atoms with van der Waals surface area (Å²) in [5, 5.41) is 13.6. The van der Waals surface area contributed by atoms with Crippen LogP contribution in [-0.2, 0) is 14.3 Å². The van der Waals surface area contributed by atoms with Crippen molar-refractivity contribution in [2.75, 3.05) is 5.32 Å². The van der Waals surface area contributed by atoms with Gasteiger partial charge in [0.2, 0.25) is 0 Å². The van der Waals surface area contributed by atoms with Crippen molar-refractivity contribution in [2.45, 2.75) is 20.0 Å². The summed E-state index contributed by atoms with van der Waals surface area (Å²) in [5.74, 6) is 0.0850. The number of nitro groups is 1. The number of nitro benzene ring substituents is 1. The molecule has 1 N–H and O–H groups in total. The molecule has 1 atom stereocenters. The molecular weight excluding hydrogens is 288 g/mol. The van der Waals surface area contributed by atoms with Crippen molar-refractivity contribution in [3.05, 3.63) is 57.5 Å². The van der Waals surface area contributed by atoms with Crippen LogP contribution in [-0.4, -0.2) is 23.1 Å². The average molecular weight is 302 g/mol. The zero-order valence-electron chi connectivity index (χ0n) is 12.0. The van der Waals surface area contributed by atoms with Crippen LogP contribution >= 0.6 is 0 Å². The van der Waals surface area contributed by atoms with Gasteiger partial charge in [0, 0.05) is 29.6 Å². The molecule has 1 unspecified atom stereocenters. The first-order valence-corrected chi connectivity index (χ1v) is 6.49. The van der Waals surface area contributed by atoms with Gasteiger partial charge in [0.1, 0.15) is 0 Å². The van der Waals surface area contributed by atoms with Gasteiger partial charge in [-0.05, 0) is 26.0 Å². The van der Waals surface area contributed by atoms with Crippen molar-refractivity contribution in [2.24, 2.45) is 0 Å². The largest absolute Gasteiger partial charge is 0.482 e. The number of carbonyl (C=O) groups excluding carboxylic acids is 2. The lowest BCUT2D eigenvalue weighted by molar-refractivity contribution is -0.384. The molecular formula is C15H14N2O5. The molecule has 0 saturated carbocycles. The number of allylic oxidation sites excluding steroid dienone is 3. The summed E-state index contributed by atoms with van der Waals surface area (Å²) in [5.41, 5.74) is 1.22. The van der Waals surface area contributed by atoms with E-state index in [4.69, 9.17) is 4.74 Å². The van der Waals surface area contributed by atoms with E-state index in [-0.39, 0.29) is 17.0 Å². The number of ketones is 1. The molecule has 0 bridgehead atoms. The molecule has 1 aliphatic heterocycles. The zero-order valence-corrected chi connectivity index (χ0v) is 12.0. The summed E-state index contributed by atoms with van der Waals surface area (Å²) in [4.78, 5) is 33.3. The Morgan fingerprint density at radius 2 is 2.00 bits per heavy atom. The number of rotatable bonds is 4. The van der Waals surface area contributed by atoms with Gasteiger partial charge in [-0.2, -0.15) is 0 Å². The summed E-state index contributed by atoms with van der Waals surface area (Å²) in [6.07, 6.45) is 0.921. The Morgan fingerprint density at radius 1 is 1.36 bits per heavy atom. The second-order valence-electron chi connectivity index (χ2n) is 4.76. The van der Waals surface area contributed by atoms with Crippen molar-refractivity contribution >= 4 is 23.4 Å². The summed E-state index contributed by atoms with van der Waals surface area (Å²) in [6.45, 7) is 3.24. The van der Waals surface area contributed by atoms with Crippen LogP contribution in [0.3, 0.4) is 0 Å². The zero-order chi connectivity index (χ0) is 16.3. The number of benzene rings is 1. The minimum Gasteiger partial charge on any atom is -0.482 e. The Hall–Kier alpha value is -2.96. The monoisotopic (exact) mass is 302 g/mol. The smallest absolute Gasteiger partial charge is 0.269 e. The van der Waals surface area contributed by atoms with E-state index in [2.05, 4.69) is 5.32 Å². The van der Waals surface area contributed by atoms with Gasteiger partial charge >= 0.3 is 0 Å². The van der Waals surface area contributed by atoms with E-state index < -0.39 is 11.0 Å². The van der Waals surface area contributed by atoms with Gasteiger partial charge in [-0.15, -0.1) is 0 Å². The highest BCUT2D eigenvalue weighted by Crippen LogP contribution is 2.23. The van der Waals surface area contributed by atoms with Gasteiger partial charge in [-0.25, -0.2) is 0 Å². The predicted octanol–water partition coefficient (Wildman–Crippen LogP) is 2.35. The Labute approximate surface area is 126 Å². The number of anilines is 1. The van der Waals surface area contributed by atoms with Crippen LogP contribution in [0.5, 0.6) is 0 Å². The van der Waals surface area contributed by atoms with Crippen LogP contribution in [0, 0.1) is 10.1 Å². The highest BCUT2D eigenvalue weighted by molar-refractivity contribution is 6.09. The molecule has 1 aliphatic rings. The molecule has 0 aromatic heterocycles. The third kappa shape index (κ3) is 3.20. The second kappa shape index (κ2) is 6.21. The number of hydrogen-bond donors (Lipinski definition) is 1. The highest BCUT2D eigenvalue weighted by Gasteiger charge is 2.28. The summed E-state index contributed by atoms with van der Waals surface area (Å²) < 4.78 is 5.31. The van der Waals surface area contributed by atoms with Gasteiger partial charge in [-0.1, -0.05) is 0 Å². The topological polar surface area (TPSA) is 98.5 Å². The van der Waals surface area contributed by atoms with Crippen LogP contribution in [0.1, 0.15) is 13.8 Å². The normalized spacial score (nSPS) is 19.8. The van der Waals surface area contributed by atoms with Crippen LogP contribution in [0.15, 0.2) is 47.4 Å². The number of nitrogens with one attached hydrogen (secondary N) is 1. The van der Waals surface area contributed by atoms with Crippen LogP contribution in [0.25, 0.3) is 0 Å². The molecule has 7 nitrogen and oxygen atoms in total. The lowest BCUT2D eigenvalue weighted by Crippen LogP contribution is -2.28. The van der Waals surface area contributed by atoms with Crippen molar-refractivity contribution in [1.82, 2.24) is 0 Å². The van der Waals surface area contributed by atoms with Crippen molar-refractivity contribution in [3.8, 4) is 0 Å². The van der Waals surface area contributed by atoms with Crippen molar-refractivity contribution < 1.29 is 19.2 Å². The SMILES string of the molecule is CC1=CC(=O)C(=C(C)Nc2ccc([N+](=O)[O-])cc2)C(C=O)O1. The molecule has 22 heavy (non-hydrogen) atoms. The van der Waals surface area contributed by atoms with Crippen molar-refractivity contribution in [1.29, 1.82) is 0 Å². The lowest BCUT2D eigenvalue weighted by Gasteiger charge is -2.23. The molecule has 0 fully saturated rings. The molecule has 1 aromatic carbocycles. The summed E-state index contributed by atoms with van der Waals surface area (Å²) in [7, 11) is 0. The number of carbonyl (C=O) groups is 2. The summed E-state index contributed by atoms with van der Waals surface area (Å²) in [6, 6.07) is 5.74. The first-order chi connectivity index (χ1) is 10.4. The fraction of sp³-hybridized carbons (Fsp3) is 0.200. The maximum atomic E-state index is 12.0. The Bertz CT molecular complexity index is 688. The quantitative estimate of drug-likeness (QED) is 0.397. The lowest BCUT2D eigenvalue weighted by atomic mass is 10.0. The standard InChI is InChI=1S/C15H14N2O5/c1-9-7-13(19)15(14(8-18)22-9)10(2)16-11-3-5-12(6-4-11)17(20)21/h3-8,14,16H,1-2H3. The third-order valence-electron chi connectivity index (χ3n) is 3.13. The van der Waals surface area contributed by atoms with Gasteiger partial charge in [0.25, 0.3) is 5.69 Å². The maximum Gasteiger partial charge on any atom is 0.269 e. The average Bonchev–Trinajstić information content (AvgIpc) is 2.46. The van der Waals surface area contributed by atoms with E-state index in [1.807, 2.05) is 0 Å². The minimum absolute atomic E-state index is 0.0303. The van der Waals surface area contributed by atoms with Crippen LogP contribution in [0.2, 0.25) is 0 Å². The molecule has 1 heterocycles. The molecule has 2 rings (SSSR count). The van der Waals surface area contributed by atoms with Crippen LogP contribution in [0.4, 0.5) is 11.4 Å². The Morgan fingerprint density at radius 3 is 2.55 bits per heavy atom. The highest BCUT2D eigenvalue weighted by atomic mass is 16.6. The molecule has 1 aromatic rings. The maximum absolute atomic E-state index is 12.0. The van der Waals surface area contributed by atoms with Gasteiger partial charge in [0.15, 0.2) is 18.2 Å². The van der Waals surface area contributed by atoms with E-state index in [0.717, 1.165) is 0 Å². The van der Waals surface area contributed by atoms with E-state index in [1.54, 1.807) is 13.8 Å². The molecule has 7 heteroatoms. The fourth-order valence-electron chi connectivity index (χ4n) is 2.14. The van der Waals surface area contributed by atoms with Gasteiger partial charge in [0.05, 0.1) is 16.3 Å². The molecule has 0 amide bonds. The Kier molecular flexibility index (Phi) is 4.36. The molecule has 0 aliphatic carbocycles. The van der Waals surface area contributed by atoms with E-state index >= 15 is 0 Å². The van der Waals surface area contributed by atoms with Gasteiger partial charge < -0.3 is 10.1 Å². The van der Waals surface area contributed by atoms with Crippen molar-refractivity contribution in [3.63, 3.8) is 0 Å². The number of aldehydes is 1. The molecule has 0 spiro atoms. The van der Waals surface area contributed by atoms with E-state index in [1.165, 1.54) is 30.3 Å². The summed E-state index contributed by atoms with van der Waals surface area (Å²) >= 11 is 0.